The van der Waals surface area contributed by atoms with Gasteiger partial charge in [-0.15, -0.1) is 0 Å². The van der Waals surface area contributed by atoms with Gasteiger partial charge in [-0.2, -0.15) is 0 Å². The number of halogens is 3. The summed E-state index contributed by atoms with van der Waals surface area (Å²) in [6, 6.07) is 2.18. The van der Waals surface area contributed by atoms with Crippen molar-refractivity contribution in [2.45, 2.75) is 19.8 Å². The maximum Gasteiger partial charge on any atom is 0.257 e. The van der Waals surface area contributed by atoms with Gasteiger partial charge in [0.25, 0.3) is 5.91 Å². The lowest BCUT2D eigenvalue weighted by Gasteiger charge is -2.34. The zero-order valence-corrected chi connectivity index (χ0v) is 12.8. The molecule has 110 valence electrons. The molecule has 1 saturated heterocycles. The molecule has 1 fully saturated rings. The van der Waals surface area contributed by atoms with E-state index >= 15 is 0 Å². The van der Waals surface area contributed by atoms with E-state index in [2.05, 4.69) is 33.5 Å². The van der Waals surface area contributed by atoms with E-state index in [1.807, 2.05) is 0 Å². The summed E-state index contributed by atoms with van der Waals surface area (Å²) in [5, 5.41) is 5.89. The van der Waals surface area contributed by atoms with Crippen LogP contribution in [0.5, 0.6) is 0 Å². The first-order valence-electron chi connectivity index (χ1n) is 6.55. The number of nitrogens with one attached hydrogen (secondary N) is 2. The van der Waals surface area contributed by atoms with Gasteiger partial charge in [0.2, 0.25) is 0 Å². The number of carbonyl (C=O) groups excluding carboxylic acids is 1. The highest BCUT2D eigenvalue weighted by molar-refractivity contribution is 9.10. The highest BCUT2D eigenvalue weighted by Gasteiger charge is 2.28. The summed E-state index contributed by atoms with van der Waals surface area (Å²) < 4.78 is 27.6. The molecule has 0 aliphatic carbocycles. The van der Waals surface area contributed by atoms with Gasteiger partial charge in [0.15, 0.2) is 0 Å². The topological polar surface area (TPSA) is 41.1 Å². The quantitative estimate of drug-likeness (QED) is 0.883. The van der Waals surface area contributed by atoms with Crippen molar-refractivity contribution < 1.29 is 13.6 Å². The fraction of sp³-hybridized carbons (Fsp3) is 0.500. The molecule has 3 nitrogen and oxygen atoms in total. The van der Waals surface area contributed by atoms with E-state index in [-0.39, 0.29) is 9.89 Å². The summed E-state index contributed by atoms with van der Waals surface area (Å²) in [7, 11) is 0. The van der Waals surface area contributed by atoms with Crippen molar-refractivity contribution in [1.29, 1.82) is 0 Å². The van der Waals surface area contributed by atoms with E-state index in [9.17, 15) is 13.6 Å². The number of amides is 1. The number of carbonyl (C=O) groups is 1. The summed E-state index contributed by atoms with van der Waals surface area (Å²) in [4.78, 5) is 12.0. The Balaban J connectivity index is 2.05. The Morgan fingerprint density at radius 1 is 1.35 bits per heavy atom. The van der Waals surface area contributed by atoms with Crippen LogP contribution in [0.4, 0.5) is 8.78 Å². The molecule has 2 N–H and O–H groups in total. The number of piperidine rings is 1. The number of hydrogen-bond acceptors (Lipinski definition) is 2. The molecule has 0 aromatic heterocycles. The lowest BCUT2D eigenvalue weighted by Crippen LogP contribution is -2.43. The van der Waals surface area contributed by atoms with Crippen molar-refractivity contribution in [3.8, 4) is 0 Å². The van der Waals surface area contributed by atoms with Crippen molar-refractivity contribution in [3.05, 3.63) is 33.8 Å². The van der Waals surface area contributed by atoms with Gasteiger partial charge in [0.1, 0.15) is 17.2 Å². The first-order chi connectivity index (χ1) is 9.41. The van der Waals surface area contributed by atoms with E-state index in [0.717, 1.165) is 38.1 Å². The highest BCUT2D eigenvalue weighted by Crippen LogP contribution is 2.27. The number of rotatable bonds is 3. The average Bonchev–Trinajstić information content (AvgIpc) is 2.36. The van der Waals surface area contributed by atoms with Crippen LogP contribution in [0.15, 0.2) is 16.6 Å². The van der Waals surface area contributed by atoms with Crippen molar-refractivity contribution >= 4 is 21.8 Å². The predicted molar refractivity (Wildman–Crippen MR) is 76.6 cm³/mol. The molecule has 1 aromatic rings. The van der Waals surface area contributed by atoms with Gasteiger partial charge in [0, 0.05) is 11.0 Å². The smallest absolute Gasteiger partial charge is 0.257 e. The van der Waals surface area contributed by atoms with E-state index in [4.69, 9.17) is 0 Å². The molecule has 0 saturated carbocycles. The van der Waals surface area contributed by atoms with Gasteiger partial charge in [-0.1, -0.05) is 22.9 Å². The van der Waals surface area contributed by atoms with Crippen molar-refractivity contribution in [3.63, 3.8) is 0 Å². The van der Waals surface area contributed by atoms with Crippen LogP contribution < -0.4 is 10.6 Å². The zero-order valence-electron chi connectivity index (χ0n) is 11.2. The molecule has 1 amide bonds. The number of benzene rings is 1. The van der Waals surface area contributed by atoms with Crippen LogP contribution in [0.2, 0.25) is 0 Å². The van der Waals surface area contributed by atoms with Gasteiger partial charge >= 0.3 is 0 Å². The Kier molecular flexibility index (Phi) is 4.75. The summed E-state index contributed by atoms with van der Waals surface area (Å²) in [6.45, 7) is 4.28. The molecule has 6 heteroatoms. The average molecular weight is 347 g/mol. The fourth-order valence-corrected chi connectivity index (χ4v) is 2.75. The minimum atomic E-state index is -0.857. The Bertz CT molecular complexity index is 493. The van der Waals surface area contributed by atoms with E-state index in [0.29, 0.717) is 6.54 Å². The molecule has 1 aliphatic heterocycles. The summed E-state index contributed by atoms with van der Waals surface area (Å²) in [5.41, 5.74) is -0.547. The van der Waals surface area contributed by atoms with Crippen LogP contribution in [-0.4, -0.2) is 25.5 Å². The molecule has 0 spiro atoms. The summed E-state index contributed by atoms with van der Waals surface area (Å²) in [5.74, 6) is -2.41. The van der Waals surface area contributed by atoms with E-state index in [1.54, 1.807) is 0 Å². The third-order valence-corrected chi connectivity index (χ3v) is 4.18. The normalized spacial score (nSPS) is 17.8. The van der Waals surface area contributed by atoms with Crippen LogP contribution in [0, 0.1) is 17.0 Å². The van der Waals surface area contributed by atoms with Gasteiger partial charge < -0.3 is 10.6 Å². The van der Waals surface area contributed by atoms with Gasteiger partial charge in [-0.25, -0.2) is 8.78 Å². The minimum absolute atomic E-state index is 0.0246. The Morgan fingerprint density at radius 3 is 2.45 bits per heavy atom. The SMILES string of the molecule is CC1(CNC(=O)c2c(F)cc(Br)cc2F)CCNCC1. The monoisotopic (exact) mass is 346 g/mol. The molecule has 0 bridgehead atoms. The lowest BCUT2D eigenvalue weighted by atomic mass is 9.81. The molecule has 0 radical (unpaired) electrons. The lowest BCUT2D eigenvalue weighted by molar-refractivity contribution is 0.0913. The van der Waals surface area contributed by atoms with Crippen LogP contribution in [-0.2, 0) is 0 Å². The second kappa shape index (κ2) is 6.18. The molecule has 1 heterocycles. The van der Waals surface area contributed by atoms with Gasteiger partial charge in [-0.05, 0) is 43.5 Å². The van der Waals surface area contributed by atoms with Crippen LogP contribution in [0.25, 0.3) is 0 Å². The summed E-state index contributed by atoms with van der Waals surface area (Å²) >= 11 is 2.99. The standard InChI is InChI=1S/C14H17BrF2N2O/c1-14(2-4-18-5-3-14)8-19-13(20)12-10(16)6-9(15)7-11(12)17/h6-7,18H,2-5,8H2,1H3,(H,19,20). The summed E-state index contributed by atoms with van der Waals surface area (Å²) in [6.07, 6.45) is 1.86. The second-order valence-electron chi connectivity index (χ2n) is 5.49. The highest BCUT2D eigenvalue weighted by atomic mass is 79.9. The third kappa shape index (κ3) is 3.55. The zero-order chi connectivity index (χ0) is 14.8. The molecule has 20 heavy (non-hydrogen) atoms. The number of hydrogen-bond donors (Lipinski definition) is 2. The van der Waals surface area contributed by atoms with Crippen molar-refractivity contribution in [2.24, 2.45) is 5.41 Å². The molecule has 0 unspecified atom stereocenters. The molecule has 1 aromatic carbocycles. The maximum absolute atomic E-state index is 13.7. The Labute approximate surface area is 125 Å². The third-order valence-electron chi connectivity index (χ3n) is 3.72. The van der Waals surface area contributed by atoms with Crippen molar-refractivity contribution in [2.75, 3.05) is 19.6 Å². The molecule has 2 rings (SSSR count). The molecule has 0 atom stereocenters. The minimum Gasteiger partial charge on any atom is -0.351 e. The van der Waals surface area contributed by atoms with E-state index in [1.165, 1.54) is 0 Å². The second-order valence-corrected chi connectivity index (χ2v) is 6.40. The Hall–Kier alpha value is -1.01. The first kappa shape index (κ1) is 15.4. The van der Waals surface area contributed by atoms with E-state index < -0.39 is 23.1 Å². The molecular formula is C14H17BrF2N2O. The first-order valence-corrected chi connectivity index (χ1v) is 7.34. The predicted octanol–water partition coefficient (Wildman–Crippen LogP) is 2.85. The van der Waals surface area contributed by atoms with Gasteiger partial charge in [-0.3, -0.25) is 4.79 Å². The molecule has 1 aliphatic rings. The van der Waals surface area contributed by atoms with Gasteiger partial charge in [0.05, 0.1) is 0 Å². The van der Waals surface area contributed by atoms with Crippen LogP contribution in [0.1, 0.15) is 30.1 Å². The van der Waals surface area contributed by atoms with Crippen LogP contribution in [0.3, 0.4) is 0 Å². The maximum atomic E-state index is 13.7. The fourth-order valence-electron chi connectivity index (χ4n) is 2.35. The van der Waals surface area contributed by atoms with Crippen molar-refractivity contribution in [1.82, 2.24) is 10.6 Å². The molecular weight excluding hydrogens is 330 g/mol. The Morgan fingerprint density at radius 2 is 1.90 bits per heavy atom. The van der Waals surface area contributed by atoms with Crippen LogP contribution >= 0.6 is 15.9 Å². The largest absolute Gasteiger partial charge is 0.351 e.